The van der Waals surface area contributed by atoms with Crippen LogP contribution in [0.4, 0.5) is 5.82 Å². The Bertz CT molecular complexity index is 409. The van der Waals surface area contributed by atoms with Crippen LogP contribution in [0.2, 0.25) is 0 Å². The average molecular weight is 299 g/mol. The van der Waals surface area contributed by atoms with Crippen LogP contribution in [0, 0.1) is 6.92 Å². The van der Waals surface area contributed by atoms with Gasteiger partial charge in [0, 0.05) is 39.2 Å². The minimum absolute atomic E-state index is 0.143. The number of anilines is 1. The van der Waals surface area contributed by atoms with E-state index in [1.54, 1.807) is 6.92 Å². The molecule has 2 rings (SSSR count). The molecule has 1 aromatic rings. The number of rotatable bonds is 1. The lowest BCUT2D eigenvalue weighted by molar-refractivity contribution is -0.129. The van der Waals surface area contributed by atoms with Crippen molar-refractivity contribution in [3.63, 3.8) is 0 Å². The van der Waals surface area contributed by atoms with Gasteiger partial charge in [0.15, 0.2) is 0 Å². The Labute approximate surface area is 109 Å². The van der Waals surface area contributed by atoms with Gasteiger partial charge in [-0.05, 0) is 22.9 Å². The third kappa shape index (κ3) is 2.94. The molecule has 2 heterocycles. The summed E-state index contributed by atoms with van der Waals surface area (Å²) in [5.74, 6) is 1.82. The summed E-state index contributed by atoms with van der Waals surface area (Å²) in [6.45, 7) is 6.65. The number of carbonyl (C=O) groups is 1. The lowest BCUT2D eigenvalue weighted by Gasteiger charge is -2.34. The van der Waals surface area contributed by atoms with Gasteiger partial charge in [0.25, 0.3) is 0 Å². The van der Waals surface area contributed by atoms with E-state index in [0.29, 0.717) is 0 Å². The molecule has 1 fully saturated rings. The minimum atomic E-state index is 0.143. The summed E-state index contributed by atoms with van der Waals surface area (Å²) in [6.07, 6.45) is 0. The summed E-state index contributed by atoms with van der Waals surface area (Å²) in [4.78, 5) is 23.9. The Morgan fingerprint density at radius 2 is 1.94 bits per heavy atom. The van der Waals surface area contributed by atoms with Crippen molar-refractivity contribution in [1.29, 1.82) is 0 Å². The molecule has 5 nitrogen and oxygen atoms in total. The van der Waals surface area contributed by atoms with Gasteiger partial charge < -0.3 is 9.80 Å². The molecule has 0 N–H and O–H groups in total. The van der Waals surface area contributed by atoms with Crippen molar-refractivity contribution in [3.05, 3.63) is 16.5 Å². The number of halogens is 1. The first-order chi connectivity index (χ1) is 8.06. The predicted octanol–water partition coefficient (Wildman–Crippen LogP) is 1.22. The molecule has 1 aromatic heterocycles. The topological polar surface area (TPSA) is 49.3 Å². The van der Waals surface area contributed by atoms with E-state index in [1.807, 2.05) is 17.9 Å². The van der Waals surface area contributed by atoms with Crippen LogP contribution in [0.3, 0.4) is 0 Å². The Morgan fingerprint density at radius 3 is 2.47 bits per heavy atom. The monoisotopic (exact) mass is 298 g/mol. The van der Waals surface area contributed by atoms with Crippen molar-refractivity contribution in [2.45, 2.75) is 13.8 Å². The molecule has 17 heavy (non-hydrogen) atoms. The largest absolute Gasteiger partial charge is 0.353 e. The molecule has 92 valence electrons. The SMILES string of the molecule is CC(=O)N1CCN(c2cc(Br)nc(C)n2)CC1. The third-order valence-corrected chi connectivity index (χ3v) is 3.25. The van der Waals surface area contributed by atoms with Gasteiger partial charge in [-0.3, -0.25) is 4.79 Å². The van der Waals surface area contributed by atoms with Crippen molar-refractivity contribution in [3.8, 4) is 0 Å². The smallest absolute Gasteiger partial charge is 0.219 e. The van der Waals surface area contributed by atoms with Crippen LogP contribution in [0.15, 0.2) is 10.7 Å². The van der Waals surface area contributed by atoms with Crippen LogP contribution < -0.4 is 4.90 Å². The molecule has 6 heteroatoms. The second-order valence-corrected chi connectivity index (χ2v) is 4.90. The molecule has 0 radical (unpaired) electrons. The summed E-state index contributed by atoms with van der Waals surface area (Å²) in [5, 5.41) is 0. The number of hydrogen-bond donors (Lipinski definition) is 0. The standard InChI is InChI=1S/C11H15BrN4O/c1-8-13-10(12)7-11(14-8)16-5-3-15(4-6-16)9(2)17/h7H,3-6H2,1-2H3. The summed E-state index contributed by atoms with van der Waals surface area (Å²) in [7, 11) is 0. The van der Waals surface area contributed by atoms with E-state index in [-0.39, 0.29) is 5.91 Å². The van der Waals surface area contributed by atoms with Gasteiger partial charge in [0.2, 0.25) is 5.91 Å². The fourth-order valence-electron chi connectivity index (χ4n) is 1.93. The molecule has 1 saturated heterocycles. The van der Waals surface area contributed by atoms with Crippen LogP contribution in [0.5, 0.6) is 0 Å². The number of aryl methyl sites for hydroxylation is 1. The van der Waals surface area contributed by atoms with Crippen molar-refractivity contribution >= 4 is 27.7 Å². The normalized spacial score (nSPS) is 16.2. The van der Waals surface area contributed by atoms with Crippen LogP contribution in [-0.2, 0) is 4.79 Å². The molecule has 0 aromatic carbocycles. The first kappa shape index (κ1) is 12.3. The third-order valence-electron chi connectivity index (χ3n) is 2.84. The van der Waals surface area contributed by atoms with Crippen LogP contribution in [-0.4, -0.2) is 47.0 Å². The zero-order valence-corrected chi connectivity index (χ0v) is 11.6. The van der Waals surface area contributed by atoms with E-state index >= 15 is 0 Å². The molecule has 0 unspecified atom stereocenters. The number of piperazine rings is 1. The fourth-order valence-corrected chi connectivity index (χ4v) is 2.39. The summed E-state index contributed by atoms with van der Waals surface area (Å²) in [5.41, 5.74) is 0. The van der Waals surface area contributed by atoms with Gasteiger partial charge in [0.1, 0.15) is 16.2 Å². The molecule has 0 aliphatic carbocycles. The highest BCUT2D eigenvalue weighted by Gasteiger charge is 2.19. The number of aromatic nitrogens is 2. The number of amides is 1. The van der Waals surface area contributed by atoms with E-state index in [9.17, 15) is 4.79 Å². The minimum Gasteiger partial charge on any atom is -0.353 e. The van der Waals surface area contributed by atoms with Crippen LogP contribution >= 0.6 is 15.9 Å². The van der Waals surface area contributed by atoms with Gasteiger partial charge in [-0.1, -0.05) is 0 Å². The predicted molar refractivity (Wildman–Crippen MR) is 68.9 cm³/mol. The highest BCUT2D eigenvalue weighted by atomic mass is 79.9. The second-order valence-electron chi connectivity index (χ2n) is 4.09. The summed E-state index contributed by atoms with van der Waals surface area (Å²) < 4.78 is 0.800. The zero-order valence-electron chi connectivity index (χ0n) is 9.98. The molecule has 1 amide bonds. The van der Waals surface area contributed by atoms with Gasteiger partial charge in [-0.25, -0.2) is 9.97 Å². The Morgan fingerprint density at radius 1 is 1.29 bits per heavy atom. The lowest BCUT2D eigenvalue weighted by Crippen LogP contribution is -2.48. The van der Waals surface area contributed by atoms with E-state index in [0.717, 1.165) is 42.4 Å². The highest BCUT2D eigenvalue weighted by Crippen LogP contribution is 2.18. The fraction of sp³-hybridized carbons (Fsp3) is 0.545. The second kappa shape index (κ2) is 5.00. The number of carbonyl (C=O) groups excluding carboxylic acids is 1. The average Bonchev–Trinajstić information content (AvgIpc) is 2.28. The van der Waals surface area contributed by atoms with Gasteiger partial charge in [-0.2, -0.15) is 0 Å². The van der Waals surface area contributed by atoms with Gasteiger partial charge in [-0.15, -0.1) is 0 Å². The Balaban J connectivity index is 2.07. The zero-order chi connectivity index (χ0) is 12.4. The van der Waals surface area contributed by atoms with E-state index in [2.05, 4.69) is 30.8 Å². The van der Waals surface area contributed by atoms with E-state index < -0.39 is 0 Å². The molecular formula is C11H15BrN4O. The molecule has 0 spiro atoms. The number of hydrogen-bond acceptors (Lipinski definition) is 4. The van der Waals surface area contributed by atoms with Crippen molar-refractivity contribution in [2.24, 2.45) is 0 Å². The number of nitrogens with zero attached hydrogens (tertiary/aromatic N) is 4. The summed E-state index contributed by atoms with van der Waals surface area (Å²) >= 11 is 3.37. The molecular weight excluding hydrogens is 284 g/mol. The maximum absolute atomic E-state index is 11.2. The van der Waals surface area contributed by atoms with Crippen molar-refractivity contribution < 1.29 is 4.79 Å². The maximum atomic E-state index is 11.2. The first-order valence-corrected chi connectivity index (χ1v) is 6.37. The lowest BCUT2D eigenvalue weighted by atomic mass is 10.3. The molecule has 0 atom stereocenters. The molecule has 1 aliphatic rings. The van der Waals surface area contributed by atoms with Crippen molar-refractivity contribution in [2.75, 3.05) is 31.1 Å². The van der Waals surface area contributed by atoms with Crippen LogP contribution in [0.25, 0.3) is 0 Å². The molecule has 1 aliphatic heterocycles. The van der Waals surface area contributed by atoms with Gasteiger partial charge >= 0.3 is 0 Å². The van der Waals surface area contributed by atoms with Crippen LogP contribution in [0.1, 0.15) is 12.7 Å². The quantitative estimate of drug-likeness (QED) is 0.732. The highest BCUT2D eigenvalue weighted by molar-refractivity contribution is 9.10. The molecule has 0 bridgehead atoms. The summed E-state index contributed by atoms with van der Waals surface area (Å²) in [6, 6.07) is 1.91. The van der Waals surface area contributed by atoms with Gasteiger partial charge in [0.05, 0.1) is 0 Å². The first-order valence-electron chi connectivity index (χ1n) is 5.58. The Hall–Kier alpha value is -1.17. The maximum Gasteiger partial charge on any atom is 0.219 e. The van der Waals surface area contributed by atoms with Crippen molar-refractivity contribution in [1.82, 2.24) is 14.9 Å². The van der Waals surface area contributed by atoms with E-state index in [4.69, 9.17) is 0 Å². The Kier molecular flexibility index (Phi) is 3.61. The van der Waals surface area contributed by atoms with E-state index in [1.165, 1.54) is 0 Å². The molecule has 0 saturated carbocycles.